The first-order chi connectivity index (χ1) is 8.31. The van der Waals surface area contributed by atoms with Gasteiger partial charge in [0.1, 0.15) is 0 Å². The highest BCUT2D eigenvalue weighted by Gasteiger charge is 2.24. The molecule has 3 nitrogen and oxygen atoms in total. The Kier molecular flexibility index (Phi) is 4.54. The lowest BCUT2D eigenvalue weighted by Gasteiger charge is -2.30. The number of fused-ring (bicyclic) bond motifs is 1. The maximum Gasteiger partial charge on any atom is 0.0785 e. The SMILES string of the molecule is COCC(O)CCNCC1Cc2ccccc21. The van der Waals surface area contributed by atoms with E-state index >= 15 is 0 Å². The minimum atomic E-state index is -0.346. The summed E-state index contributed by atoms with van der Waals surface area (Å²) in [6, 6.07) is 8.62. The van der Waals surface area contributed by atoms with E-state index in [9.17, 15) is 5.11 Å². The highest BCUT2D eigenvalue weighted by molar-refractivity contribution is 5.40. The average molecular weight is 235 g/mol. The van der Waals surface area contributed by atoms with Crippen LogP contribution >= 0.6 is 0 Å². The number of hydrogen-bond donors (Lipinski definition) is 2. The molecule has 0 bridgehead atoms. The maximum absolute atomic E-state index is 9.48. The van der Waals surface area contributed by atoms with Crippen LogP contribution in [-0.4, -0.2) is 38.0 Å². The molecule has 2 atom stereocenters. The van der Waals surface area contributed by atoms with Crippen LogP contribution in [0.5, 0.6) is 0 Å². The van der Waals surface area contributed by atoms with Crippen LogP contribution in [0.3, 0.4) is 0 Å². The zero-order valence-electron chi connectivity index (χ0n) is 10.4. The number of ether oxygens (including phenoxy) is 1. The quantitative estimate of drug-likeness (QED) is 0.700. The molecule has 0 amide bonds. The van der Waals surface area contributed by atoms with Gasteiger partial charge in [0, 0.05) is 19.6 Å². The van der Waals surface area contributed by atoms with E-state index in [1.54, 1.807) is 7.11 Å². The van der Waals surface area contributed by atoms with Gasteiger partial charge in [0.25, 0.3) is 0 Å². The zero-order chi connectivity index (χ0) is 12.1. The van der Waals surface area contributed by atoms with Gasteiger partial charge in [-0.05, 0) is 30.5 Å². The lowest BCUT2D eigenvalue weighted by molar-refractivity contribution is 0.0594. The van der Waals surface area contributed by atoms with E-state index in [4.69, 9.17) is 4.74 Å². The van der Waals surface area contributed by atoms with Gasteiger partial charge in [-0.15, -0.1) is 0 Å². The van der Waals surface area contributed by atoms with E-state index in [0.29, 0.717) is 12.5 Å². The normalized spacial score (nSPS) is 19.5. The molecule has 2 rings (SSSR count). The highest BCUT2D eigenvalue weighted by Crippen LogP contribution is 2.33. The van der Waals surface area contributed by atoms with E-state index in [2.05, 4.69) is 29.6 Å². The summed E-state index contributed by atoms with van der Waals surface area (Å²) in [6.07, 6.45) is 1.59. The van der Waals surface area contributed by atoms with Gasteiger partial charge in [-0.2, -0.15) is 0 Å². The molecule has 2 unspecified atom stereocenters. The monoisotopic (exact) mass is 235 g/mol. The molecule has 1 aromatic rings. The summed E-state index contributed by atoms with van der Waals surface area (Å²) in [7, 11) is 1.61. The topological polar surface area (TPSA) is 41.5 Å². The summed E-state index contributed by atoms with van der Waals surface area (Å²) in [4.78, 5) is 0. The molecule has 17 heavy (non-hydrogen) atoms. The second kappa shape index (κ2) is 6.15. The Bertz CT molecular complexity index is 354. The number of benzene rings is 1. The third kappa shape index (κ3) is 3.28. The predicted molar refractivity (Wildman–Crippen MR) is 68.3 cm³/mol. The molecular weight excluding hydrogens is 214 g/mol. The van der Waals surface area contributed by atoms with E-state index in [1.807, 2.05) is 0 Å². The van der Waals surface area contributed by atoms with E-state index in [-0.39, 0.29) is 6.10 Å². The lowest BCUT2D eigenvalue weighted by Crippen LogP contribution is -2.31. The van der Waals surface area contributed by atoms with Crippen molar-refractivity contribution in [3.8, 4) is 0 Å². The molecule has 2 N–H and O–H groups in total. The fraction of sp³-hybridized carbons (Fsp3) is 0.571. The van der Waals surface area contributed by atoms with Crippen LogP contribution in [0, 0.1) is 0 Å². The Morgan fingerprint density at radius 3 is 3.06 bits per heavy atom. The van der Waals surface area contributed by atoms with Crippen LogP contribution in [0.15, 0.2) is 24.3 Å². The largest absolute Gasteiger partial charge is 0.391 e. The van der Waals surface area contributed by atoms with Crippen LogP contribution in [0.2, 0.25) is 0 Å². The Labute approximate surface area is 103 Å². The van der Waals surface area contributed by atoms with E-state index < -0.39 is 0 Å². The van der Waals surface area contributed by atoms with Crippen molar-refractivity contribution in [1.82, 2.24) is 5.32 Å². The molecule has 0 saturated carbocycles. The summed E-state index contributed by atoms with van der Waals surface area (Å²) in [5, 5.41) is 12.9. The minimum Gasteiger partial charge on any atom is -0.391 e. The summed E-state index contributed by atoms with van der Waals surface area (Å²) in [5.41, 5.74) is 2.97. The molecule has 0 aliphatic heterocycles. The molecule has 0 heterocycles. The molecule has 0 fully saturated rings. The molecule has 0 aromatic heterocycles. The second-order valence-electron chi connectivity index (χ2n) is 4.70. The first-order valence-electron chi connectivity index (χ1n) is 6.26. The van der Waals surface area contributed by atoms with Crippen molar-refractivity contribution in [3.63, 3.8) is 0 Å². The fourth-order valence-electron chi connectivity index (χ4n) is 2.37. The maximum atomic E-state index is 9.48. The first-order valence-corrected chi connectivity index (χ1v) is 6.26. The van der Waals surface area contributed by atoms with Crippen LogP contribution in [0.25, 0.3) is 0 Å². The summed E-state index contributed by atoms with van der Waals surface area (Å²) in [5.74, 6) is 0.658. The minimum absolute atomic E-state index is 0.346. The molecule has 1 aliphatic rings. The number of rotatable bonds is 7. The van der Waals surface area contributed by atoms with Gasteiger partial charge >= 0.3 is 0 Å². The molecule has 94 valence electrons. The lowest BCUT2D eigenvalue weighted by atomic mass is 9.77. The summed E-state index contributed by atoms with van der Waals surface area (Å²) in [6.45, 7) is 2.29. The smallest absolute Gasteiger partial charge is 0.0785 e. The van der Waals surface area contributed by atoms with Crippen molar-refractivity contribution in [3.05, 3.63) is 35.4 Å². The number of aliphatic hydroxyl groups is 1. The van der Waals surface area contributed by atoms with Crippen molar-refractivity contribution in [2.75, 3.05) is 26.8 Å². The molecule has 0 spiro atoms. The van der Waals surface area contributed by atoms with Gasteiger partial charge in [0.15, 0.2) is 0 Å². The van der Waals surface area contributed by atoms with Gasteiger partial charge in [0.2, 0.25) is 0 Å². The molecule has 1 aliphatic carbocycles. The molecule has 0 radical (unpaired) electrons. The first kappa shape index (κ1) is 12.6. The highest BCUT2D eigenvalue weighted by atomic mass is 16.5. The van der Waals surface area contributed by atoms with Gasteiger partial charge in [-0.1, -0.05) is 24.3 Å². The van der Waals surface area contributed by atoms with Crippen molar-refractivity contribution in [1.29, 1.82) is 0 Å². The van der Waals surface area contributed by atoms with Crippen molar-refractivity contribution >= 4 is 0 Å². The third-order valence-electron chi connectivity index (χ3n) is 3.37. The second-order valence-corrected chi connectivity index (χ2v) is 4.70. The Morgan fingerprint density at radius 1 is 1.47 bits per heavy atom. The number of methoxy groups -OCH3 is 1. The van der Waals surface area contributed by atoms with Crippen LogP contribution < -0.4 is 5.32 Å². The van der Waals surface area contributed by atoms with Gasteiger partial charge < -0.3 is 15.2 Å². The zero-order valence-corrected chi connectivity index (χ0v) is 10.4. The van der Waals surface area contributed by atoms with E-state index in [1.165, 1.54) is 17.5 Å². The Balaban J connectivity index is 1.62. The standard InChI is InChI=1S/C14H21NO2/c1-17-10-13(16)6-7-15-9-12-8-11-4-2-3-5-14(11)12/h2-5,12-13,15-16H,6-10H2,1H3. The van der Waals surface area contributed by atoms with Crippen molar-refractivity contribution < 1.29 is 9.84 Å². The summed E-state index contributed by atoms with van der Waals surface area (Å²) >= 11 is 0. The summed E-state index contributed by atoms with van der Waals surface area (Å²) < 4.78 is 4.88. The molecule has 1 aromatic carbocycles. The Hall–Kier alpha value is -0.900. The third-order valence-corrected chi connectivity index (χ3v) is 3.37. The van der Waals surface area contributed by atoms with Crippen LogP contribution in [-0.2, 0) is 11.2 Å². The van der Waals surface area contributed by atoms with Crippen molar-refractivity contribution in [2.24, 2.45) is 0 Å². The van der Waals surface area contributed by atoms with Crippen LogP contribution in [0.1, 0.15) is 23.5 Å². The van der Waals surface area contributed by atoms with Gasteiger partial charge in [-0.25, -0.2) is 0 Å². The molecule has 0 saturated heterocycles. The number of nitrogens with one attached hydrogen (secondary N) is 1. The molecular formula is C14H21NO2. The number of aliphatic hydroxyl groups excluding tert-OH is 1. The average Bonchev–Trinajstić information content (AvgIpc) is 2.30. The fourth-order valence-corrected chi connectivity index (χ4v) is 2.37. The van der Waals surface area contributed by atoms with Crippen LogP contribution in [0.4, 0.5) is 0 Å². The van der Waals surface area contributed by atoms with Crippen molar-refractivity contribution in [2.45, 2.75) is 24.9 Å². The van der Waals surface area contributed by atoms with Gasteiger partial charge in [0.05, 0.1) is 12.7 Å². The number of hydrogen-bond acceptors (Lipinski definition) is 3. The van der Waals surface area contributed by atoms with Gasteiger partial charge in [-0.3, -0.25) is 0 Å². The van der Waals surface area contributed by atoms with E-state index in [0.717, 1.165) is 19.5 Å². The Morgan fingerprint density at radius 2 is 2.29 bits per heavy atom. The predicted octanol–water partition coefficient (Wildman–Crippen LogP) is 1.31. The molecule has 3 heteroatoms.